The summed E-state index contributed by atoms with van der Waals surface area (Å²) in [6.45, 7) is 7.91. The smallest absolute Gasteiger partial charge is 0.324 e. The van der Waals surface area contributed by atoms with Crippen molar-refractivity contribution >= 4 is 23.5 Å². The van der Waals surface area contributed by atoms with Gasteiger partial charge in [-0.2, -0.15) is 5.10 Å². The Morgan fingerprint density at radius 1 is 0.947 bits per heavy atom. The molecule has 9 nitrogen and oxygen atoms in total. The summed E-state index contributed by atoms with van der Waals surface area (Å²) in [5.74, 6) is -0.0199. The van der Waals surface area contributed by atoms with Crippen LogP contribution in [0.25, 0.3) is 5.69 Å². The van der Waals surface area contributed by atoms with Gasteiger partial charge in [-0.1, -0.05) is 39.8 Å². The number of nitrogens with zero attached hydrogens (tertiary/aromatic N) is 3. The molecule has 9 heteroatoms. The van der Waals surface area contributed by atoms with E-state index in [1.54, 1.807) is 84.7 Å². The van der Waals surface area contributed by atoms with Crippen molar-refractivity contribution in [2.45, 2.75) is 45.4 Å². The van der Waals surface area contributed by atoms with Crippen molar-refractivity contribution in [2.75, 3.05) is 10.6 Å². The van der Waals surface area contributed by atoms with Crippen LogP contribution >= 0.6 is 0 Å². The van der Waals surface area contributed by atoms with Gasteiger partial charge in [0.2, 0.25) is 0 Å². The third kappa shape index (κ3) is 6.36. The van der Waals surface area contributed by atoms with Crippen LogP contribution in [0.15, 0.2) is 79.1 Å². The number of urea groups is 1. The highest BCUT2D eigenvalue weighted by Gasteiger charge is 2.22. The summed E-state index contributed by atoms with van der Waals surface area (Å²) >= 11 is 0. The van der Waals surface area contributed by atoms with Crippen LogP contribution in [-0.2, 0) is 10.2 Å². The van der Waals surface area contributed by atoms with Crippen LogP contribution < -0.4 is 20.5 Å². The second-order valence-corrected chi connectivity index (χ2v) is 9.84. The number of ether oxygens (including phenoxy) is 1. The van der Waals surface area contributed by atoms with Gasteiger partial charge in [0, 0.05) is 41.4 Å². The number of aliphatic carboxylic acids is 1. The first-order valence-corrected chi connectivity index (χ1v) is 12.3. The zero-order valence-corrected chi connectivity index (χ0v) is 21.8. The van der Waals surface area contributed by atoms with E-state index in [9.17, 15) is 14.7 Å². The van der Waals surface area contributed by atoms with Gasteiger partial charge in [-0.25, -0.2) is 9.48 Å². The van der Waals surface area contributed by atoms with Crippen LogP contribution in [0.3, 0.4) is 0 Å². The van der Waals surface area contributed by atoms with E-state index in [0.29, 0.717) is 40.7 Å². The zero-order chi connectivity index (χ0) is 27.3. The average Bonchev–Trinajstić information content (AvgIpc) is 3.31. The second kappa shape index (κ2) is 11.2. The fraction of sp³-hybridized carbons (Fsp3) is 0.241. The van der Waals surface area contributed by atoms with Gasteiger partial charge in [0.25, 0.3) is 0 Å². The molecule has 0 saturated carbocycles. The molecular formula is C29H30N5O4-. The van der Waals surface area contributed by atoms with Crippen molar-refractivity contribution in [1.82, 2.24) is 14.8 Å². The summed E-state index contributed by atoms with van der Waals surface area (Å²) in [7, 11) is 0. The number of hydrogen-bond acceptors (Lipinski definition) is 6. The molecule has 0 aliphatic carbocycles. The molecule has 0 radical (unpaired) electrons. The maximum atomic E-state index is 12.9. The normalized spacial score (nSPS) is 12.0. The number of carboxylic acids is 1. The lowest BCUT2D eigenvalue weighted by Gasteiger charge is -2.17. The Morgan fingerprint density at radius 3 is 2.16 bits per heavy atom. The lowest BCUT2D eigenvalue weighted by Crippen LogP contribution is -2.29. The van der Waals surface area contributed by atoms with Gasteiger partial charge in [0.1, 0.15) is 17.3 Å². The predicted octanol–water partition coefficient (Wildman–Crippen LogP) is 5.24. The van der Waals surface area contributed by atoms with E-state index in [2.05, 4.69) is 15.6 Å². The first-order chi connectivity index (χ1) is 18.1. The number of amides is 2. The highest BCUT2D eigenvalue weighted by atomic mass is 16.5. The number of carbonyl (C=O) groups is 2. The lowest BCUT2D eigenvalue weighted by molar-refractivity contribution is -0.308. The van der Waals surface area contributed by atoms with Crippen molar-refractivity contribution in [3.63, 3.8) is 0 Å². The maximum Gasteiger partial charge on any atom is 0.324 e. The number of hydrogen-bond donors (Lipinski definition) is 2. The molecule has 0 fully saturated rings. The van der Waals surface area contributed by atoms with Crippen LogP contribution in [-0.4, -0.2) is 26.8 Å². The SMILES string of the molecule is CCC(C(=O)[O-])c1ccc(-n2nc(C(C)(C)C)cc2NC(=O)Nc2ccc(Oc3ccncc3)cc2)cc1. The number of benzene rings is 2. The molecular weight excluding hydrogens is 482 g/mol. The van der Waals surface area contributed by atoms with Gasteiger partial charge < -0.3 is 20.0 Å². The van der Waals surface area contributed by atoms with Gasteiger partial charge >= 0.3 is 6.03 Å². The molecule has 1 atom stereocenters. The molecule has 0 aliphatic rings. The number of aromatic nitrogens is 3. The van der Waals surface area contributed by atoms with Crippen LogP contribution in [0.1, 0.15) is 51.3 Å². The van der Waals surface area contributed by atoms with Crippen molar-refractivity contribution in [1.29, 1.82) is 0 Å². The van der Waals surface area contributed by atoms with E-state index >= 15 is 0 Å². The predicted molar refractivity (Wildman–Crippen MR) is 144 cm³/mol. The van der Waals surface area contributed by atoms with Crippen molar-refractivity contribution in [3.05, 3.63) is 90.4 Å². The molecule has 2 N–H and O–H groups in total. The minimum Gasteiger partial charge on any atom is -0.549 e. The Balaban J connectivity index is 1.51. The Morgan fingerprint density at radius 2 is 1.58 bits per heavy atom. The van der Waals surface area contributed by atoms with E-state index in [0.717, 1.165) is 5.69 Å². The first-order valence-electron chi connectivity index (χ1n) is 12.3. The molecule has 0 aliphatic heterocycles. The zero-order valence-electron chi connectivity index (χ0n) is 21.8. The Bertz CT molecular complexity index is 1390. The fourth-order valence-electron chi connectivity index (χ4n) is 3.85. The molecule has 2 aromatic carbocycles. The number of pyridine rings is 1. The molecule has 38 heavy (non-hydrogen) atoms. The molecule has 0 bridgehead atoms. The maximum absolute atomic E-state index is 12.9. The van der Waals surface area contributed by atoms with Crippen molar-refractivity contribution < 1.29 is 19.4 Å². The highest BCUT2D eigenvalue weighted by molar-refractivity contribution is 5.99. The minimum atomic E-state index is -1.11. The first kappa shape index (κ1) is 26.4. The molecule has 4 aromatic rings. The van der Waals surface area contributed by atoms with Gasteiger partial charge in [-0.15, -0.1) is 0 Å². The average molecular weight is 513 g/mol. The molecule has 2 aromatic heterocycles. The largest absolute Gasteiger partial charge is 0.549 e. The number of rotatable bonds is 8. The fourth-order valence-corrected chi connectivity index (χ4v) is 3.85. The van der Waals surface area contributed by atoms with Crippen molar-refractivity contribution in [2.24, 2.45) is 0 Å². The van der Waals surface area contributed by atoms with Crippen LogP contribution in [0.5, 0.6) is 11.5 Å². The second-order valence-electron chi connectivity index (χ2n) is 9.84. The molecule has 2 heterocycles. The van der Waals surface area contributed by atoms with Crippen LogP contribution in [0.2, 0.25) is 0 Å². The number of anilines is 2. The van der Waals surface area contributed by atoms with E-state index in [4.69, 9.17) is 9.84 Å². The third-order valence-electron chi connectivity index (χ3n) is 5.95. The van der Waals surface area contributed by atoms with Gasteiger partial charge in [-0.3, -0.25) is 10.3 Å². The van der Waals surface area contributed by atoms with E-state index < -0.39 is 17.9 Å². The van der Waals surface area contributed by atoms with E-state index in [-0.39, 0.29) is 5.41 Å². The highest BCUT2D eigenvalue weighted by Crippen LogP contribution is 2.28. The summed E-state index contributed by atoms with van der Waals surface area (Å²) in [5, 5.41) is 21.9. The summed E-state index contributed by atoms with van der Waals surface area (Å²) in [5.41, 5.74) is 2.46. The lowest BCUT2D eigenvalue weighted by atomic mass is 9.92. The van der Waals surface area contributed by atoms with Crippen LogP contribution in [0.4, 0.5) is 16.3 Å². The molecule has 2 amide bonds. The van der Waals surface area contributed by atoms with E-state index in [1.165, 1.54) is 0 Å². The van der Waals surface area contributed by atoms with Gasteiger partial charge in [0.15, 0.2) is 0 Å². The molecule has 0 spiro atoms. The molecule has 0 saturated heterocycles. The summed E-state index contributed by atoms with van der Waals surface area (Å²) in [6.07, 6.45) is 3.73. The summed E-state index contributed by atoms with van der Waals surface area (Å²) in [6, 6.07) is 19.0. The third-order valence-corrected chi connectivity index (χ3v) is 5.95. The number of carboxylic acid groups (broad SMARTS) is 1. The Hall–Kier alpha value is -4.66. The molecule has 196 valence electrons. The van der Waals surface area contributed by atoms with Gasteiger partial charge in [0.05, 0.1) is 11.4 Å². The molecule has 1 unspecified atom stereocenters. The monoisotopic (exact) mass is 512 g/mol. The number of carbonyl (C=O) groups excluding carboxylic acids is 2. The standard InChI is InChI=1S/C29H31N5O4/c1-5-24(27(35)36)19-6-10-21(11-7-19)34-26(18-25(33-34)29(2,3)4)32-28(37)31-20-8-12-22(13-9-20)38-23-14-16-30-17-15-23/h6-18,24H,5H2,1-4H3,(H,35,36)(H2,31,32,37)/p-1. The summed E-state index contributed by atoms with van der Waals surface area (Å²) < 4.78 is 7.40. The topological polar surface area (TPSA) is 121 Å². The molecule has 4 rings (SSSR count). The number of nitrogens with one attached hydrogen (secondary N) is 2. The Labute approximate surface area is 221 Å². The Kier molecular flexibility index (Phi) is 7.76. The minimum absolute atomic E-state index is 0.259. The quantitative estimate of drug-likeness (QED) is 0.333. The van der Waals surface area contributed by atoms with Gasteiger partial charge in [-0.05, 0) is 60.5 Å². The van der Waals surface area contributed by atoms with Crippen LogP contribution in [0, 0.1) is 0 Å². The van der Waals surface area contributed by atoms with E-state index in [1.807, 2.05) is 26.8 Å². The summed E-state index contributed by atoms with van der Waals surface area (Å²) in [4.78, 5) is 28.3. The van der Waals surface area contributed by atoms with Crippen molar-refractivity contribution in [3.8, 4) is 17.2 Å².